The van der Waals surface area contributed by atoms with Crippen LogP contribution in [0.25, 0.3) is 0 Å². The van der Waals surface area contributed by atoms with E-state index in [1.54, 1.807) is 13.2 Å². The molecule has 0 saturated carbocycles. The zero-order valence-electron chi connectivity index (χ0n) is 18.7. The fourth-order valence-electron chi connectivity index (χ4n) is 3.77. The van der Waals surface area contributed by atoms with Crippen LogP contribution >= 0.6 is 0 Å². The number of nitrogens with one attached hydrogen (secondary N) is 1. The van der Waals surface area contributed by atoms with Crippen molar-refractivity contribution in [3.05, 3.63) is 48.0 Å². The molecule has 1 saturated heterocycles. The molecule has 0 unspecified atom stereocenters. The lowest BCUT2D eigenvalue weighted by molar-refractivity contribution is -0.126. The van der Waals surface area contributed by atoms with Gasteiger partial charge in [0.2, 0.25) is 15.9 Å². The van der Waals surface area contributed by atoms with Crippen molar-refractivity contribution in [2.75, 3.05) is 41.0 Å². The molecule has 1 fully saturated rings. The van der Waals surface area contributed by atoms with E-state index < -0.39 is 10.0 Å². The summed E-state index contributed by atoms with van der Waals surface area (Å²) in [6, 6.07) is 12.2. The second-order valence-electron chi connectivity index (χ2n) is 7.61. The van der Waals surface area contributed by atoms with Gasteiger partial charge in [0.05, 0.1) is 32.1 Å². The maximum atomic E-state index is 13.2. The molecular formula is C23H30N2O6S. The molecule has 0 spiro atoms. The molecule has 2 aromatic rings. The van der Waals surface area contributed by atoms with Crippen molar-refractivity contribution in [3.8, 4) is 17.2 Å². The van der Waals surface area contributed by atoms with E-state index in [0.717, 1.165) is 11.3 Å². The summed E-state index contributed by atoms with van der Waals surface area (Å²) in [7, 11) is 0.823. The minimum absolute atomic E-state index is 0.120. The number of benzene rings is 2. The van der Waals surface area contributed by atoms with Gasteiger partial charge in [-0.3, -0.25) is 4.79 Å². The molecule has 9 heteroatoms. The summed E-state index contributed by atoms with van der Waals surface area (Å²) >= 11 is 0. The van der Waals surface area contributed by atoms with Crippen LogP contribution in [0.4, 0.5) is 0 Å². The fraction of sp³-hybridized carbons (Fsp3) is 0.435. The molecule has 1 N–H and O–H groups in total. The number of carbonyl (C=O) groups excluding carboxylic acids is 1. The molecule has 32 heavy (non-hydrogen) atoms. The summed E-state index contributed by atoms with van der Waals surface area (Å²) in [5, 5.41) is 2.95. The number of rotatable bonds is 9. The zero-order chi connectivity index (χ0) is 23.1. The summed E-state index contributed by atoms with van der Waals surface area (Å²) in [5.74, 6) is 1.09. The molecule has 8 nitrogen and oxygen atoms in total. The SMILES string of the molecule is COc1ccc(CCNC(=O)[C@@H]2CCCN(S(=O)(=O)c3ccc(OC)c(OC)c3)C2)cc1. The molecule has 2 aromatic carbocycles. The Labute approximate surface area is 189 Å². The van der Waals surface area contributed by atoms with Gasteiger partial charge in [0.15, 0.2) is 11.5 Å². The fourth-order valence-corrected chi connectivity index (χ4v) is 5.31. The predicted octanol–water partition coefficient (Wildman–Crippen LogP) is 2.47. The van der Waals surface area contributed by atoms with E-state index >= 15 is 0 Å². The van der Waals surface area contributed by atoms with Gasteiger partial charge in [-0.05, 0) is 49.1 Å². The van der Waals surface area contributed by atoms with E-state index in [1.165, 1.54) is 30.7 Å². The first-order chi connectivity index (χ1) is 15.4. The summed E-state index contributed by atoms with van der Waals surface area (Å²) in [6.45, 7) is 1.03. The van der Waals surface area contributed by atoms with Crippen LogP contribution in [0, 0.1) is 5.92 Å². The topological polar surface area (TPSA) is 94.2 Å². The highest BCUT2D eigenvalue weighted by Gasteiger charge is 2.33. The van der Waals surface area contributed by atoms with Crippen LogP contribution in [0.5, 0.6) is 17.2 Å². The summed E-state index contributed by atoms with van der Waals surface area (Å²) in [5.41, 5.74) is 1.09. The Morgan fingerprint density at radius 2 is 1.75 bits per heavy atom. The second-order valence-corrected chi connectivity index (χ2v) is 9.55. The number of sulfonamides is 1. The largest absolute Gasteiger partial charge is 0.497 e. The Morgan fingerprint density at radius 3 is 2.41 bits per heavy atom. The van der Waals surface area contributed by atoms with Gasteiger partial charge in [0.25, 0.3) is 0 Å². The van der Waals surface area contributed by atoms with Gasteiger partial charge in [-0.1, -0.05) is 12.1 Å². The average Bonchev–Trinajstić information content (AvgIpc) is 2.83. The number of nitrogens with zero attached hydrogens (tertiary/aromatic N) is 1. The molecule has 174 valence electrons. The molecule has 1 heterocycles. The third kappa shape index (κ3) is 5.52. The highest BCUT2D eigenvalue weighted by Crippen LogP contribution is 2.32. The molecule has 0 aliphatic carbocycles. The molecular weight excluding hydrogens is 432 g/mol. The third-order valence-electron chi connectivity index (χ3n) is 5.62. The third-order valence-corrected chi connectivity index (χ3v) is 7.48. The predicted molar refractivity (Wildman–Crippen MR) is 121 cm³/mol. The monoisotopic (exact) mass is 462 g/mol. The number of ether oxygens (including phenoxy) is 3. The zero-order valence-corrected chi connectivity index (χ0v) is 19.5. The van der Waals surface area contributed by atoms with Gasteiger partial charge in [-0.15, -0.1) is 0 Å². The molecule has 0 bridgehead atoms. The first-order valence-electron chi connectivity index (χ1n) is 10.5. The van der Waals surface area contributed by atoms with E-state index in [4.69, 9.17) is 14.2 Å². The van der Waals surface area contributed by atoms with Crippen LogP contribution in [0.2, 0.25) is 0 Å². The maximum Gasteiger partial charge on any atom is 0.243 e. The Kier molecular flexibility index (Phi) is 7.98. The van der Waals surface area contributed by atoms with Crippen molar-refractivity contribution in [2.24, 2.45) is 5.92 Å². The number of carbonyl (C=O) groups is 1. The van der Waals surface area contributed by atoms with Gasteiger partial charge >= 0.3 is 0 Å². The van der Waals surface area contributed by atoms with Crippen LogP contribution in [-0.4, -0.2) is 59.6 Å². The summed E-state index contributed by atoms with van der Waals surface area (Å²) in [4.78, 5) is 12.8. The van der Waals surface area contributed by atoms with E-state index in [0.29, 0.717) is 43.9 Å². The highest BCUT2D eigenvalue weighted by molar-refractivity contribution is 7.89. The van der Waals surface area contributed by atoms with E-state index in [9.17, 15) is 13.2 Å². The van der Waals surface area contributed by atoms with Gasteiger partial charge < -0.3 is 19.5 Å². The van der Waals surface area contributed by atoms with Crippen LogP contribution in [0.3, 0.4) is 0 Å². The smallest absolute Gasteiger partial charge is 0.243 e. The summed E-state index contributed by atoms with van der Waals surface area (Å²) in [6.07, 6.45) is 1.98. The molecule has 3 rings (SSSR count). The Balaban J connectivity index is 1.60. The van der Waals surface area contributed by atoms with Crippen molar-refractivity contribution in [1.29, 1.82) is 0 Å². The van der Waals surface area contributed by atoms with Crippen molar-refractivity contribution in [1.82, 2.24) is 9.62 Å². The summed E-state index contributed by atoms with van der Waals surface area (Å²) < 4.78 is 43.3. The molecule has 0 aromatic heterocycles. The van der Waals surface area contributed by atoms with Gasteiger partial charge in [-0.2, -0.15) is 4.31 Å². The average molecular weight is 463 g/mol. The van der Waals surface area contributed by atoms with Gasteiger partial charge in [0.1, 0.15) is 5.75 Å². The van der Waals surface area contributed by atoms with Crippen LogP contribution in [-0.2, 0) is 21.2 Å². The van der Waals surface area contributed by atoms with Gasteiger partial charge in [-0.25, -0.2) is 8.42 Å². The molecule has 1 amide bonds. The Bertz CT molecular complexity index is 1020. The van der Waals surface area contributed by atoms with Crippen molar-refractivity contribution in [3.63, 3.8) is 0 Å². The minimum atomic E-state index is -3.75. The Hall–Kier alpha value is -2.78. The lowest BCUT2D eigenvalue weighted by Gasteiger charge is -2.31. The number of hydrogen-bond donors (Lipinski definition) is 1. The van der Waals surface area contributed by atoms with E-state index in [1.807, 2.05) is 24.3 Å². The normalized spacial score (nSPS) is 16.9. The molecule has 0 radical (unpaired) electrons. The van der Waals surface area contributed by atoms with E-state index in [2.05, 4.69) is 5.32 Å². The molecule has 1 atom stereocenters. The van der Waals surface area contributed by atoms with Crippen LogP contribution in [0.15, 0.2) is 47.4 Å². The first-order valence-corrected chi connectivity index (χ1v) is 12.0. The van der Waals surface area contributed by atoms with Crippen molar-refractivity contribution < 1.29 is 27.4 Å². The number of hydrogen-bond acceptors (Lipinski definition) is 6. The standard InChI is InChI=1S/C23H30N2O6S/c1-29-19-8-6-17(7-9-19)12-13-24-23(26)18-5-4-14-25(16-18)32(27,28)20-10-11-21(30-2)22(15-20)31-3/h6-11,15,18H,4-5,12-14,16H2,1-3H3,(H,24,26)/t18-/m1/s1. The Morgan fingerprint density at radius 1 is 1.03 bits per heavy atom. The quantitative estimate of drug-likeness (QED) is 0.615. The van der Waals surface area contributed by atoms with Crippen LogP contribution < -0.4 is 19.5 Å². The van der Waals surface area contributed by atoms with Crippen molar-refractivity contribution >= 4 is 15.9 Å². The number of methoxy groups -OCH3 is 3. The van der Waals surface area contributed by atoms with Crippen molar-refractivity contribution in [2.45, 2.75) is 24.2 Å². The minimum Gasteiger partial charge on any atom is -0.497 e. The van der Waals surface area contributed by atoms with E-state index in [-0.39, 0.29) is 23.3 Å². The van der Waals surface area contributed by atoms with Gasteiger partial charge in [0, 0.05) is 25.7 Å². The first kappa shape index (κ1) is 23.9. The molecule has 1 aliphatic heterocycles. The number of amides is 1. The maximum absolute atomic E-state index is 13.2. The second kappa shape index (κ2) is 10.7. The number of piperidine rings is 1. The lowest BCUT2D eigenvalue weighted by atomic mass is 9.99. The highest BCUT2D eigenvalue weighted by atomic mass is 32.2. The lowest BCUT2D eigenvalue weighted by Crippen LogP contribution is -2.45. The molecule has 1 aliphatic rings. The van der Waals surface area contributed by atoms with Crippen LogP contribution in [0.1, 0.15) is 18.4 Å².